The topological polar surface area (TPSA) is 57.5 Å². The molecule has 0 aliphatic rings. The summed E-state index contributed by atoms with van der Waals surface area (Å²) in [6, 6.07) is 0. The van der Waals surface area contributed by atoms with Gasteiger partial charge in [-0.05, 0) is 0 Å². The first-order valence-electron chi connectivity index (χ1n) is 0.651. The minimum absolute atomic E-state index is 0. The molecule has 0 heterocycles. The van der Waals surface area contributed by atoms with E-state index in [1.54, 1.807) is 0 Å². The summed E-state index contributed by atoms with van der Waals surface area (Å²) in [5.41, 5.74) is 0. The van der Waals surface area contributed by atoms with Gasteiger partial charge in [0.05, 0.1) is 0 Å². The molecule has 35 valence electrons. The van der Waals surface area contributed by atoms with E-state index in [0.717, 1.165) is 0 Å². The van der Waals surface area contributed by atoms with Gasteiger partial charge < -0.3 is 9.59 Å². The number of rotatable bonds is 0. The molecular formula is H3CoKO3Si. The Labute approximate surface area is 89.7 Å². The van der Waals surface area contributed by atoms with E-state index in [2.05, 4.69) is 0 Å². The molecule has 0 aromatic rings. The summed E-state index contributed by atoms with van der Waals surface area (Å²) in [7, 11) is -3.13. The van der Waals surface area contributed by atoms with Gasteiger partial charge in [-0.1, -0.05) is 0 Å². The first-order valence-corrected chi connectivity index (χ1v) is 1.95. The van der Waals surface area contributed by atoms with E-state index in [1.165, 1.54) is 0 Å². The van der Waals surface area contributed by atoms with Gasteiger partial charge in [-0.15, -0.1) is 0 Å². The molecule has 1 radical (unpaired) electrons. The molecule has 0 atom stereocenters. The summed E-state index contributed by atoms with van der Waals surface area (Å²) < 4.78 is 8.74. The summed E-state index contributed by atoms with van der Waals surface area (Å²) in [5.74, 6) is 0. The van der Waals surface area contributed by atoms with E-state index in [1.807, 2.05) is 0 Å². The van der Waals surface area contributed by atoms with Gasteiger partial charge in [0, 0.05) is 16.8 Å². The van der Waals surface area contributed by atoms with Crippen LogP contribution in [-0.2, 0) is 21.2 Å². The van der Waals surface area contributed by atoms with Gasteiger partial charge in [-0.25, -0.2) is 0 Å². The predicted molar refractivity (Wildman–Crippen MR) is 18.0 cm³/mol. The molecule has 3 nitrogen and oxygen atoms in total. The van der Waals surface area contributed by atoms with E-state index in [-0.39, 0.29) is 68.2 Å². The van der Waals surface area contributed by atoms with Crippen molar-refractivity contribution in [1.82, 2.24) is 0 Å². The average Bonchev–Trinajstić information content (AvgIpc) is 0.811. The second kappa shape index (κ2) is 9.90. The van der Waals surface area contributed by atoms with E-state index in [9.17, 15) is 0 Å². The van der Waals surface area contributed by atoms with Crippen molar-refractivity contribution in [2.45, 2.75) is 0 Å². The van der Waals surface area contributed by atoms with Crippen LogP contribution in [0.3, 0.4) is 0 Å². The number of hydrogen-bond donors (Lipinski definition) is 2. The average molecular weight is 177 g/mol. The predicted octanol–water partition coefficient (Wildman–Crippen LogP) is -2.26. The van der Waals surface area contributed by atoms with E-state index < -0.39 is 9.17 Å². The van der Waals surface area contributed by atoms with Crippen molar-refractivity contribution < 1.29 is 30.8 Å². The molecule has 0 bridgehead atoms. The van der Waals surface area contributed by atoms with E-state index in [4.69, 9.17) is 14.1 Å². The molecule has 0 rings (SSSR count). The molecule has 0 aromatic carbocycles. The van der Waals surface area contributed by atoms with Gasteiger partial charge in [0.1, 0.15) is 0 Å². The maximum absolute atomic E-state index is 8.74. The second-order valence-corrected chi connectivity index (χ2v) is 0.848. The molecule has 0 spiro atoms. The minimum atomic E-state index is -3.13. The molecule has 0 aliphatic heterocycles. The number of hydrogen-bond acceptors (Lipinski definition) is 1. The Balaban J connectivity index is -0.0000000450. The standard InChI is InChI=1S/Co.K.H2O3Si.H/c;;1-4(2)3;/h;;1-2H;. The fraction of sp³-hybridized carbons (Fsp3) is 0. The summed E-state index contributed by atoms with van der Waals surface area (Å²) in [6.07, 6.45) is 0. The van der Waals surface area contributed by atoms with Gasteiger partial charge in [0.2, 0.25) is 0 Å². The molecule has 0 aromatic heterocycles. The molecule has 0 saturated carbocycles. The van der Waals surface area contributed by atoms with Crippen molar-refractivity contribution in [2.75, 3.05) is 0 Å². The van der Waals surface area contributed by atoms with Crippen LogP contribution in [0.2, 0.25) is 0 Å². The van der Waals surface area contributed by atoms with Crippen LogP contribution in [0.15, 0.2) is 0 Å². The van der Waals surface area contributed by atoms with Crippen LogP contribution in [0.1, 0.15) is 0 Å². The Morgan fingerprint density at radius 3 is 1.33 bits per heavy atom. The third-order valence-corrected chi connectivity index (χ3v) is 0. The van der Waals surface area contributed by atoms with Crippen LogP contribution in [0.5, 0.6) is 0 Å². The Hall–Kier alpha value is 1.76. The van der Waals surface area contributed by atoms with Crippen molar-refractivity contribution in [3.05, 3.63) is 0 Å². The van der Waals surface area contributed by atoms with Gasteiger partial charge >= 0.3 is 60.6 Å². The van der Waals surface area contributed by atoms with Crippen LogP contribution in [0.25, 0.3) is 0 Å². The zero-order chi connectivity index (χ0) is 3.58. The van der Waals surface area contributed by atoms with Crippen molar-refractivity contribution in [2.24, 2.45) is 0 Å². The summed E-state index contributed by atoms with van der Waals surface area (Å²) in [6.45, 7) is 0. The van der Waals surface area contributed by atoms with Crippen molar-refractivity contribution in [3.63, 3.8) is 0 Å². The van der Waals surface area contributed by atoms with Crippen LogP contribution in [0, 0.1) is 0 Å². The molecule has 6 heavy (non-hydrogen) atoms. The quantitative estimate of drug-likeness (QED) is 0.410. The molecule has 0 unspecified atom stereocenters. The molecule has 0 aliphatic carbocycles. The first-order chi connectivity index (χ1) is 1.73. The molecule has 2 N–H and O–H groups in total. The second-order valence-electron chi connectivity index (χ2n) is 0.283. The molecule has 0 amide bonds. The molecule has 0 saturated heterocycles. The van der Waals surface area contributed by atoms with Gasteiger partial charge in [0.25, 0.3) is 0 Å². The van der Waals surface area contributed by atoms with E-state index >= 15 is 0 Å². The third-order valence-electron chi connectivity index (χ3n) is 0. The summed E-state index contributed by atoms with van der Waals surface area (Å²) in [5, 5.41) is 0. The van der Waals surface area contributed by atoms with Gasteiger partial charge in [-0.3, -0.25) is 4.46 Å². The summed E-state index contributed by atoms with van der Waals surface area (Å²) >= 11 is 0. The van der Waals surface area contributed by atoms with Gasteiger partial charge in [0.15, 0.2) is 0 Å². The molecular weight excluding hydrogens is 174 g/mol. The SMILES string of the molecule is O=[Si](O)O.[Co].[KH]. The van der Waals surface area contributed by atoms with Crippen LogP contribution >= 0.6 is 0 Å². The van der Waals surface area contributed by atoms with Crippen LogP contribution in [0.4, 0.5) is 0 Å². The third kappa shape index (κ3) is 42.1. The van der Waals surface area contributed by atoms with Crippen molar-refractivity contribution in [1.29, 1.82) is 0 Å². The Morgan fingerprint density at radius 2 is 1.33 bits per heavy atom. The zero-order valence-electron chi connectivity index (χ0n) is 2.14. The van der Waals surface area contributed by atoms with Crippen molar-refractivity contribution in [3.8, 4) is 0 Å². The van der Waals surface area contributed by atoms with Crippen LogP contribution < -0.4 is 0 Å². The Kier molecular flexibility index (Phi) is 25.8. The maximum atomic E-state index is 8.74. The van der Waals surface area contributed by atoms with Crippen molar-refractivity contribution >= 4 is 60.6 Å². The fourth-order valence-corrected chi connectivity index (χ4v) is 0. The molecule has 6 heteroatoms. The van der Waals surface area contributed by atoms with Gasteiger partial charge in [-0.2, -0.15) is 0 Å². The van der Waals surface area contributed by atoms with Crippen LogP contribution in [-0.4, -0.2) is 70.1 Å². The first kappa shape index (κ1) is 15.7. The van der Waals surface area contributed by atoms with E-state index in [0.29, 0.717) is 0 Å². The Morgan fingerprint density at radius 1 is 1.33 bits per heavy atom. The monoisotopic (exact) mass is 177 g/mol. The molecule has 0 fully saturated rings. The Bertz CT molecular complexity index is 33.8. The fourth-order valence-electron chi connectivity index (χ4n) is 0. The summed E-state index contributed by atoms with van der Waals surface area (Å²) in [4.78, 5) is 14.3. The normalized spacial score (nSPS) is 4.00. The zero-order valence-corrected chi connectivity index (χ0v) is 4.18.